The predicted octanol–water partition coefficient (Wildman–Crippen LogP) is 0.778. The molecule has 1 aromatic rings. The fourth-order valence-electron chi connectivity index (χ4n) is 2.06. The summed E-state index contributed by atoms with van der Waals surface area (Å²) in [5.41, 5.74) is 1.53. The molecular weight excluding hydrogens is 264 g/mol. The first kappa shape index (κ1) is 14.2. The second-order valence-corrected chi connectivity index (χ2v) is 6.39. The minimum absolute atomic E-state index is 0.154. The van der Waals surface area contributed by atoms with Gasteiger partial charge in [0.15, 0.2) is 5.03 Å². The first-order valence-electron chi connectivity index (χ1n) is 6.47. The summed E-state index contributed by atoms with van der Waals surface area (Å²) in [6.45, 7) is 6.07. The van der Waals surface area contributed by atoms with Gasteiger partial charge >= 0.3 is 0 Å². The van der Waals surface area contributed by atoms with Crippen LogP contribution in [0.1, 0.15) is 24.6 Å². The highest BCUT2D eigenvalue weighted by Crippen LogP contribution is 2.21. The number of hydrogen-bond donors (Lipinski definition) is 2. The van der Waals surface area contributed by atoms with Gasteiger partial charge in [-0.05, 0) is 19.9 Å². The smallest absolute Gasteiger partial charge is 0.263 e. The maximum absolute atomic E-state index is 12.6. The molecule has 1 aromatic heterocycles. The van der Waals surface area contributed by atoms with Crippen molar-refractivity contribution in [1.82, 2.24) is 19.8 Å². The molecule has 0 aliphatic carbocycles. The minimum atomic E-state index is -3.50. The molecule has 2 N–H and O–H groups in total. The van der Waals surface area contributed by atoms with E-state index in [0.717, 1.165) is 24.2 Å². The van der Waals surface area contributed by atoms with Crippen molar-refractivity contribution in [2.24, 2.45) is 0 Å². The van der Waals surface area contributed by atoms with Gasteiger partial charge in [0.2, 0.25) is 0 Å². The van der Waals surface area contributed by atoms with E-state index >= 15 is 0 Å². The van der Waals surface area contributed by atoms with Crippen molar-refractivity contribution in [1.29, 1.82) is 0 Å². The van der Waals surface area contributed by atoms with Crippen molar-refractivity contribution in [2.75, 3.05) is 19.6 Å². The van der Waals surface area contributed by atoms with Gasteiger partial charge in [-0.2, -0.15) is 9.40 Å². The maximum Gasteiger partial charge on any atom is 0.263 e. The zero-order chi connectivity index (χ0) is 13.9. The summed E-state index contributed by atoms with van der Waals surface area (Å²) in [6.07, 6.45) is 4.64. The third-order valence-corrected chi connectivity index (χ3v) is 5.03. The van der Waals surface area contributed by atoms with Crippen molar-refractivity contribution in [3.63, 3.8) is 0 Å². The van der Waals surface area contributed by atoms with Crippen LogP contribution < -0.4 is 5.32 Å². The SMILES string of the molecule is CCNCc1c(S(=O)(=O)N2CC=CCC2)n[nH]c1C. The largest absolute Gasteiger partial charge is 0.313 e. The van der Waals surface area contributed by atoms with E-state index in [9.17, 15) is 8.42 Å². The van der Waals surface area contributed by atoms with Crippen molar-refractivity contribution in [2.45, 2.75) is 31.8 Å². The van der Waals surface area contributed by atoms with Crippen molar-refractivity contribution >= 4 is 10.0 Å². The van der Waals surface area contributed by atoms with Crippen LogP contribution in [0.25, 0.3) is 0 Å². The van der Waals surface area contributed by atoms with Crippen molar-refractivity contribution in [3.8, 4) is 0 Å². The molecule has 7 heteroatoms. The number of nitrogens with one attached hydrogen (secondary N) is 2. The highest BCUT2D eigenvalue weighted by atomic mass is 32.2. The molecule has 0 atom stereocenters. The molecule has 0 spiro atoms. The van der Waals surface area contributed by atoms with E-state index in [4.69, 9.17) is 0 Å². The van der Waals surface area contributed by atoms with Crippen molar-refractivity contribution in [3.05, 3.63) is 23.4 Å². The topological polar surface area (TPSA) is 78.1 Å². The van der Waals surface area contributed by atoms with E-state index in [1.165, 1.54) is 4.31 Å². The molecule has 0 radical (unpaired) electrons. The van der Waals surface area contributed by atoms with Gasteiger partial charge in [-0.3, -0.25) is 5.10 Å². The summed E-state index contributed by atoms with van der Waals surface area (Å²) in [4.78, 5) is 0. The third-order valence-electron chi connectivity index (χ3n) is 3.19. The summed E-state index contributed by atoms with van der Waals surface area (Å²) >= 11 is 0. The molecule has 0 unspecified atom stereocenters. The standard InChI is InChI=1S/C12H20N4O2S/c1-3-13-9-11-10(2)14-15-12(11)19(17,18)16-7-5-4-6-8-16/h4-5,13H,3,6-9H2,1-2H3,(H,14,15). The van der Waals surface area contributed by atoms with Crippen LogP contribution in [-0.4, -0.2) is 42.6 Å². The number of aryl methyl sites for hydroxylation is 1. The quantitative estimate of drug-likeness (QED) is 0.783. The third kappa shape index (κ3) is 2.88. The Labute approximate surface area is 113 Å². The molecule has 2 heterocycles. The molecule has 19 heavy (non-hydrogen) atoms. The maximum atomic E-state index is 12.6. The summed E-state index contributed by atoms with van der Waals surface area (Å²) in [7, 11) is -3.50. The van der Waals surface area contributed by atoms with E-state index in [0.29, 0.717) is 19.6 Å². The second-order valence-electron chi connectivity index (χ2n) is 4.54. The molecule has 0 fully saturated rings. The lowest BCUT2D eigenvalue weighted by Crippen LogP contribution is -2.34. The van der Waals surface area contributed by atoms with Crippen LogP contribution in [0.2, 0.25) is 0 Å². The molecule has 2 rings (SSSR count). The van der Waals surface area contributed by atoms with E-state index in [-0.39, 0.29) is 5.03 Å². The normalized spacial score (nSPS) is 16.9. The summed E-state index contributed by atoms with van der Waals surface area (Å²) in [5.74, 6) is 0. The van der Waals surface area contributed by atoms with E-state index in [1.807, 2.05) is 26.0 Å². The first-order valence-corrected chi connectivity index (χ1v) is 7.91. The average Bonchev–Trinajstić information content (AvgIpc) is 2.79. The molecule has 1 aliphatic heterocycles. The monoisotopic (exact) mass is 284 g/mol. The van der Waals surface area contributed by atoms with Crippen LogP contribution in [0.4, 0.5) is 0 Å². The molecule has 0 saturated carbocycles. The van der Waals surface area contributed by atoms with Gasteiger partial charge < -0.3 is 5.32 Å². The van der Waals surface area contributed by atoms with Gasteiger partial charge in [-0.1, -0.05) is 19.1 Å². The highest BCUT2D eigenvalue weighted by molar-refractivity contribution is 7.89. The summed E-state index contributed by atoms with van der Waals surface area (Å²) < 4.78 is 26.6. The molecule has 0 saturated heterocycles. The minimum Gasteiger partial charge on any atom is -0.313 e. The Balaban J connectivity index is 2.32. The van der Waals surface area contributed by atoms with Crippen molar-refractivity contribution < 1.29 is 8.42 Å². The van der Waals surface area contributed by atoms with Gasteiger partial charge in [0, 0.05) is 30.9 Å². The Morgan fingerprint density at radius 1 is 1.47 bits per heavy atom. The fraction of sp³-hybridized carbons (Fsp3) is 0.583. The van der Waals surface area contributed by atoms with Gasteiger partial charge in [0.25, 0.3) is 10.0 Å². The molecule has 0 amide bonds. The van der Waals surface area contributed by atoms with Gasteiger partial charge in [-0.25, -0.2) is 8.42 Å². The number of aromatic amines is 1. The van der Waals surface area contributed by atoms with Gasteiger partial charge in [0.1, 0.15) is 0 Å². The molecule has 0 aromatic carbocycles. The molecule has 106 valence electrons. The summed E-state index contributed by atoms with van der Waals surface area (Å²) in [6, 6.07) is 0. The van der Waals surface area contributed by atoms with E-state index in [1.54, 1.807) is 0 Å². The number of H-pyrrole nitrogens is 1. The Morgan fingerprint density at radius 2 is 2.26 bits per heavy atom. The fourth-order valence-corrected chi connectivity index (χ4v) is 3.63. The number of hydrogen-bond acceptors (Lipinski definition) is 4. The van der Waals surface area contributed by atoms with Crippen LogP contribution in [0.3, 0.4) is 0 Å². The Hall–Kier alpha value is -1.18. The molecule has 6 nitrogen and oxygen atoms in total. The van der Waals surface area contributed by atoms with Crippen LogP contribution in [0.15, 0.2) is 17.2 Å². The number of nitrogens with zero attached hydrogens (tertiary/aromatic N) is 2. The van der Waals surface area contributed by atoms with Crippen LogP contribution in [0.5, 0.6) is 0 Å². The highest BCUT2D eigenvalue weighted by Gasteiger charge is 2.30. The average molecular weight is 284 g/mol. The van der Waals surface area contributed by atoms with E-state index < -0.39 is 10.0 Å². The Kier molecular flexibility index (Phi) is 4.38. The number of sulfonamides is 1. The van der Waals surface area contributed by atoms with Crippen LogP contribution in [-0.2, 0) is 16.6 Å². The molecule has 1 aliphatic rings. The first-order chi connectivity index (χ1) is 9.07. The lowest BCUT2D eigenvalue weighted by atomic mass is 10.2. The molecular formula is C12H20N4O2S. The predicted molar refractivity (Wildman–Crippen MR) is 73.2 cm³/mol. The second kappa shape index (κ2) is 5.85. The number of rotatable bonds is 5. The van der Waals surface area contributed by atoms with Crippen LogP contribution in [0, 0.1) is 6.92 Å². The van der Waals surface area contributed by atoms with E-state index in [2.05, 4.69) is 15.5 Å². The van der Waals surface area contributed by atoms with Gasteiger partial charge in [0.05, 0.1) is 0 Å². The Bertz CT molecular complexity index is 562. The molecule has 0 bridgehead atoms. The number of aromatic nitrogens is 2. The zero-order valence-corrected chi connectivity index (χ0v) is 12.1. The van der Waals surface area contributed by atoms with Gasteiger partial charge in [-0.15, -0.1) is 0 Å². The zero-order valence-electron chi connectivity index (χ0n) is 11.3. The van der Waals surface area contributed by atoms with Crippen LogP contribution >= 0.6 is 0 Å². The Morgan fingerprint density at radius 3 is 2.89 bits per heavy atom. The summed E-state index contributed by atoms with van der Waals surface area (Å²) in [5, 5.41) is 10.1. The lowest BCUT2D eigenvalue weighted by molar-refractivity contribution is 0.434. The lowest BCUT2D eigenvalue weighted by Gasteiger charge is -2.22.